The fourth-order valence-electron chi connectivity index (χ4n) is 1.00. The predicted octanol–water partition coefficient (Wildman–Crippen LogP) is 2.12. The number of hydrogen-bond donors (Lipinski definition) is 0. The summed E-state index contributed by atoms with van der Waals surface area (Å²) in [5.74, 6) is 1.17. The van der Waals surface area contributed by atoms with E-state index < -0.39 is 0 Å². The zero-order valence-electron chi connectivity index (χ0n) is 8.50. The SMILES string of the molecule is COC1=C(OC)N=CC(C)(C)C=C1. The first-order valence-corrected chi connectivity index (χ1v) is 4.16. The molecule has 0 radical (unpaired) electrons. The molecule has 1 heterocycles. The van der Waals surface area contributed by atoms with E-state index in [4.69, 9.17) is 9.47 Å². The standard InChI is InChI=1S/C10H15NO2/c1-10(2)6-5-8(12-3)9(13-4)11-7-10/h5-7H,1-4H3. The lowest BCUT2D eigenvalue weighted by Gasteiger charge is -2.10. The summed E-state index contributed by atoms with van der Waals surface area (Å²) >= 11 is 0. The number of aliphatic imine (C=N–C) groups is 1. The summed E-state index contributed by atoms with van der Waals surface area (Å²) in [6, 6.07) is 0. The Labute approximate surface area is 78.8 Å². The molecule has 13 heavy (non-hydrogen) atoms. The number of allylic oxidation sites excluding steroid dienone is 2. The van der Waals surface area contributed by atoms with Crippen LogP contribution in [0.2, 0.25) is 0 Å². The third-order valence-electron chi connectivity index (χ3n) is 1.80. The average molecular weight is 181 g/mol. The lowest BCUT2D eigenvalue weighted by molar-refractivity contribution is 0.229. The summed E-state index contributed by atoms with van der Waals surface area (Å²) < 4.78 is 10.2. The molecular weight excluding hydrogens is 166 g/mol. The molecule has 0 saturated carbocycles. The fraction of sp³-hybridized carbons (Fsp3) is 0.500. The van der Waals surface area contributed by atoms with Crippen molar-refractivity contribution in [2.45, 2.75) is 13.8 Å². The van der Waals surface area contributed by atoms with Gasteiger partial charge in [-0.2, -0.15) is 0 Å². The average Bonchev–Trinajstić information content (AvgIpc) is 2.23. The summed E-state index contributed by atoms with van der Waals surface area (Å²) in [4.78, 5) is 4.19. The van der Waals surface area contributed by atoms with Crippen LogP contribution in [-0.2, 0) is 9.47 Å². The van der Waals surface area contributed by atoms with Crippen molar-refractivity contribution >= 4 is 6.21 Å². The van der Waals surface area contributed by atoms with Gasteiger partial charge in [-0.1, -0.05) is 19.9 Å². The molecule has 3 nitrogen and oxygen atoms in total. The topological polar surface area (TPSA) is 30.8 Å². The monoisotopic (exact) mass is 181 g/mol. The normalized spacial score (nSPS) is 20.0. The molecule has 1 aliphatic heterocycles. The van der Waals surface area contributed by atoms with Gasteiger partial charge >= 0.3 is 0 Å². The molecular formula is C10H15NO2. The maximum absolute atomic E-state index is 5.12. The van der Waals surface area contributed by atoms with E-state index in [1.54, 1.807) is 14.2 Å². The molecule has 0 saturated heterocycles. The van der Waals surface area contributed by atoms with Gasteiger partial charge < -0.3 is 9.47 Å². The first kappa shape index (κ1) is 9.84. The molecule has 1 aliphatic rings. The van der Waals surface area contributed by atoms with Gasteiger partial charge in [0.25, 0.3) is 5.88 Å². The largest absolute Gasteiger partial charge is 0.491 e. The van der Waals surface area contributed by atoms with Gasteiger partial charge in [-0.05, 0) is 6.08 Å². The molecule has 3 heteroatoms. The van der Waals surface area contributed by atoms with Crippen LogP contribution in [0.25, 0.3) is 0 Å². The smallest absolute Gasteiger partial charge is 0.256 e. The van der Waals surface area contributed by atoms with Crippen LogP contribution in [0.15, 0.2) is 28.8 Å². The van der Waals surface area contributed by atoms with Gasteiger partial charge in [0, 0.05) is 11.6 Å². The van der Waals surface area contributed by atoms with Crippen LogP contribution in [0.3, 0.4) is 0 Å². The van der Waals surface area contributed by atoms with Crippen molar-refractivity contribution in [2.24, 2.45) is 10.4 Å². The van der Waals surface area contributed by atoms with E-state index >= 15 is 0 Å². The van der Waals surface area contributed by atoms with Gasteiger partial charge in [-0.3, -0.25) is 0 Å². The van der Waals surface area contributed by atoms with Crippen LogP contribution in [0, 0.1) is 5.41 Å². The van der Waals surface area contributed by atoms with Crippen molar-refractivity contribution in [1.82, 2.24) is 0 Å². The maximum Gasteiger partial charge on any atom is 0.256 e. The molecule has 0 unspecified atom stereocenters. The van der Waals surface area contributed by atoms with E-state index in [-0.39, 0.29) is 5.41 Å². The predicted molar refractivity (Wildman–Crippen MR) is 52.5 cm³/mol. The van der Waals surface area contributed by atoms with Crippen molar-refractivity contribution in [3.8, 4) is 0 Å². The minimum Gasteiger partial charge on any atom is -0.491 e. The van der Waals surface area contributed by atoms with Crippen LogP contribution in [0.5, 0.6) is 0 Å². The number of rotatable bonds is 2. The summed E-state index contributed by atoms with van der Waals surface area (Å²) in [5.41, 5.74) is -0.0515. The van der Waals surface area contributed by atoms with Gasteiger partial charge in [-0.15, -0.1) is 0 Å². The zero-order valence-corrected chi connectivity index (χ0v) is 8.50. The van der Waals surface area contributed by atoms with Gasteiger partial charge in [0.1, 0.15) is 0 Å². The van der Waals surface area contributed by atoms with Gasteiger partial charge in [0.05, 0.1) is 14.2 Å². The van der Waals surface area contributed by atoms with Crippen LogP contribution in [0.4, 0.5) is 0 Å². The number of ether oxygens (including phenoxy) is 2. The lowest BCUT2D eigenvalue weighted by Crippen LogP contribution is -2.07. The molecule has 72 valence electrons. The first-order chi connectivity index (χ1) is 6.09. The molecule has 0 spiro atoms. The van der Waals surface area contributed by atoms with Gasteiger partial charge in [0.2, 0.25) is 0 Å². The Morgan fingerprint density at radius 2 is 1.92 bits per heavy atom. The Hall–Kier alpha value is -1.25. The van der Waals surface area contributed by atoms with Gasteiger partial charge in [-0.25, -0.2) is 4.99 Å². The minimum atomic E-state index is -0.0515. The zero-order chi connectivity index (χ0) is 9.90. The van der Waals surface area contributed by atoms with E-state index in [1.807, 2.05) is 18.4 Å². The number of hydrogen-bond acceptors (Lipinski definition) is 3. The molecule has 0 amide bonds. The Bertz CT molecular complexity index is 249. The highest BCUT2D eigenvalue weighted by Crippen LogP contribution is 2.21. The molecule has 0 aliphatic carbocycles. The number of methoxy groups -OCH3 is 2. The second-order valence-electron chi connectivity index (χ2n) is 3.49. The molecule has 0 aromatic rings. The maximum atomic E-state index is 5.12. The molecule has 0 fully saturated rings. The van der Waals surface area contributed by atoms with E-state index in [2.05, 4.69) is 18.8 Å². The molecule has 0 atom stereocenters. The van der Waals surface area contributed by atoms with Crippen LogP contribution in [-0.4, -0.2) is 20.4 Å². The quantitative estimate of drug-likeness (QED) is 0.653. The fourth-order valence-corrected chi connectivity index (χ4v) is 1.00. The van der Waals surface area contributed by atoms with E-state index in [1.165, 1.54) is 0 Å². The van der Waals surface area contributed by atoms with Crippen LogP contribution in [0.1, 0.15) is 13.8 Å². The summed E-state index contributed by atoms with van der Waals surface area (Å²) in [6.45, 7) is 4.14. The van der Waals surface area contributed by atoms with Crippen molar-refractivity contribution in [3.63, 3.8) is 0 Å². The summed E-state index contributed by atoms with van der Waals surface area (Å²) in [5, 5.41) is 0. The van der Waals surface area contributed by atoms with Crippen molar-refractivity contribution < 1.29 is 9.47 Å². The van der Waals surface area contributed by atoms with Crippen molar-refractivity contribution in [1.29, 1.82) is 0 Å². The summed E-state index contributed by atoms with van der Waals surface area (Å²) in [7, 11) is 3.18. The molecule has 0 N–H and O–H groups in total. The molecule has 0 aromatic heterocycles. The third-order valence-corrected chi connectivity index (χ3v) is 1.80. The molecule has 1 rings (SSSR count). The summed E-state index contributed by atoms with van der Waals surface area (Å²) in [6.07, 6.45) is 5.75. The van der Waals surface area contributed by atoms with E-state index in [9.17, 15) is 0 Å². The van der Waals surface area contributed by atoms with E-state index in [0.717, 1.165) is 0 Å². The second-order valence-corrected chi connectivity index (χ2v) is 3.49. The third kappa shape index (κ3) is 2.34. The van der Waals surface area contributed by atoms with E-state index in [0.29, 0.717) is 11.6 Å². The Balaban J connectivity index is 3.02. The first-order valence-electron chi connectivity index (χ1n) is 4.16. The van der Waals surface area contributed by atoms with Crippen molar-refractivity contribution in [2.75, 3.05) is 14.2 Å². The van der Waals surface area contributed by atoms with Crippen LogP contribution >= 0.6 is 0 Å². The highest BCUT2D eigenvalue weighted by Gasteiger charge is 2.15. The Morgan fingerprint density at radius 1 is 1.23 bits per heavy atom. The number of nitrogens with zero attached hydrogens (tertiary/aromatic N) is 1. The second kappa shape index (κ2) is 3.64. The van der Waals surface area contributed by atoms with Gasteiger partial charge in [0.15, 0.2) is 5.76 Å². The molecule has 0 aromatic carbocycles. The lowest BCUT2D eigenvalue weighted by atomic mass is 9.95. The molecule has 0 bridgehead atoms. The highest BCUT2D eigenvalue weighted by atomic mass is 16.5. The highest BCUT2D eigenvalue weighted by molar-refractivity contribution is 5.69. The van der Waals surface area contributed by atoms with Crippen molar-refractivity contribution in [3.05, 3.63) is 23.8 Å². The minimum absolute atomic E-state index is 0.0515. The Kier molecular flexibility index (Phi) is 2.76. The Morgan fingerprint density at radius 3 is 2.46 bits per heavy atom. The van der Waals surface area contributed by atoms with Crippen LogP contribution < -0.4 is 0 Å².